The average molecular weight is 331 g/mol. The van der Waals surface area contributed by atoms with Crippen molar-refractivity contribution in [3.63, 3.8) is 0 Å². The Morgan fingerprint density at radius 2 is 2.26 bits per heavy atom. The van der Waals surface area contributed by atoms with Crippen LogP contribution >= 0.6 is 11.3 Å². The van der Waals surface area contributed by atoms with Gasteiger partial charge in [-0.05, 0) is 36.4 Å². The molecule has 6 heteroatoms. The van der Waals surface area contributed by atoms with Gasteiger partial charge in [0, 0.05) is 42.8 Å². The Labute approximate surface area is 139 Å². The summed E-state index contributed by atoms with van der Waals surface area (Å²) in [5.74, 6) is -0.126. The first-order chi connectivity index (χ1) is 11.1. The molecule has 1 amide bonds. The van der Waals surface area contributed by atoms with E-state index in [1.165, 1.54) is 21.1 Å². The fourth-order valence-electron chi connectivity index (χ4n) is 2.84. The number of nitrogens with one attached hydrogen (secondary N) is 1. The molecule has 0 aromatic carbocycles. The van der Waals surface area contributed by atoms with Crippen molar-refractivity contribution in [2.45, 2.75) is 32.5 Å². The van der Waals surface area contributed by atoms with Gasteiger partial charge in [0.15, 0.2) is 0 Å². The van der Waals surface area contributed by atoms with E-state index in [1.54, 1.807) is 18.3 Å². The molecule has 5 nitrogen and oxygen atoms in total. The van der Waals surface area contributed by atoms with Crippen LogP contribution in [0.5, 0.6) is 0 Å². The lowest BCUT2D eigenvalue weighted by Gasteiger charge is -2.32. The first kappa shape index (κ1) is 16.0. The van der Waals surface area contributed by atoms with Gasteiger partial charge in [-0.15, -0.1) is 11.3 Å². The number of hydrogen-bond acceptors (Lipinski definition) is 4. The summed E-state index contributed by atoms with van der Waals surface area (Å²) in [6.45, 7) is 4.78. The number of carbonyl (C=O) groups is 1. The van der Waals surface area contributed by atoms with E-state index < -0.39 is 0 Å². The second kappa shape index (κ2) is 7.10. The number of carbonyl (C=O) groups excluding carboxylic acids is 1. The maximum Gasteiger partial charge on any atom is 0.250 e. The fraction of sp³-hybridized carbons (Fsp3) is 0.412. The van der Waals surface area contributed by atoms with E-state index in [0.717, 1.165) is 19.5 Å². The number of fused-ring (bicyclic) bond motifs is 1. The summed E-state index contributed by atoms with van der Waals surface area (Å²) in [6, 6.07) is 7.36. The number of pyridine rings is 1. The zero-order valence-electron chi connectivity index (χ0n) is 13.2. The molecule has 0 fully saturated rings. The van der Waals surface area contributed by atoms with Crippen LogP contribution in [0.25, 0.3) is 0 Å². The Bertz CT molecular complexity index is 737. The van der Waals surface area contributed by atoms with Gasteiger partial charge in [-0.2, -0.15) is 0 Å². The Kier molecular flexibility index (Phi) is 4.93. The van der Waals surface area contributed by atoms with Crippen LogP contribution in [-0.2, 0) is 24.3 Å². The van der Waals surface area contributed by atoms with Crippen LogP contribution in [0, 0.1) is 0 Å². The third-order valence-electron chi connectivity index (χ3n) is 4.27. The summed E-state index contributed by atoms with van der Waals surface area (Å²) >= 11 is 1.83. The maximum atomic E-state index is 12.0. The van der Waals surface area contributed by atoms with Gasteiger partial charge >= 0.3 is 0 Å². The molecule has 2 aromatic heterocycles. The Morgan fingerprint density at radius 1 is 1.39 bits per heavy atom. The lowest BCUT2D eigenvalue weighted by Crippen LogP contribution is -2.45. The van der Waals surface area contributed by atoms with E-state index in [-0.39, 0.29) is 24.1 Å². The monoisotopic (exact) mass is 331 g/mol. The number of amides is 1. The van der Waals surface area contributed by atoms with E-state index in [2.05, 4.69) is 28.6 Å². The van der Waals surface area contributed by atoms with Gasteiger partial charge < -0.3 is 9.88 Å². The van der Waals surface area contributed by atoms with Crippen LogP contribution in [0.1, 0.15) is 17.4 Å². The molecular formula is C17H21N3O2S. The minimum Gasteiger partial charge on any atom is -0.353 e. The summed E-state index contributed by atoms with van der Waals surface area (Å²) < 4.78 is 1.42. The largest absolute Gasteiger partial charge is 0.353 e. The summed E-state index contributed by atoms with van der Waals surface area (Å²) in [4.78, 5) is 27.5. The molecule has 0 unspecified atom stereocenters. The molecule has 3 rings (SSSR count). The number of thiophene rings is 1. The molecule has 3 heterocycles. The van der Waals surface area contributed by atoms with Gasteiger partial charge in [0.05, 0.1) is 0 Å². The number of rotatable bonds is 5. The third-order valence-corrected chi connectivity index (χ3v) is 5.29. The molecule has 0 aliphatic carbocycles. The van der Waals surface area contributed by atoms with Crippen LogP contribution in [0.3, 0.4) is 0 Å². The van der Waals surface area contributed by atoms with Crippen LogP contribution in [0.2, 0.25) is 0 Å². The summed E-state index contributed by atoms with van der Waals surface area (Å²) in [6.07, 6.45) is 2.72. The van der Waals surface area contributed by atoms with E-state index in [4.69, 9.17) is 0 Å². The molecule has 0 radical (unpaired) electrons. The fourth-order valence-corrected chi connectivity index (χ4v) is 3.73. The van der Waals surface area contributed by atoms with Crippen molar-refractivity contribution >= 4 is 17.2 Å². The van der Waals surface area contributed by atoms with Crippen molar-refractivity contribution in [3.8, 4) is 0 Å². The minimum atomic E-state index is -0.156. The van der Waals surface area contributed by atoms with E-state index in [0.29, 0.717) is 6.54 Å². The average Bonchev–Trinajstić information content (AvgIpc) is 3.02. The van der Waals surface area contributed by atoms with Crippen molar-refractivity contribution in [3.05, 3.63) is 56.6 Å². The highest BCUT2D eigenvalue weighted by molar-refractivity contribution is 7.10. The van der Waals surface area contributed by atoms with Gasteiger partial charge in [-0.1, -0.05) is 6.07 Å². The van der Waals surface area contributed by atoms with Gasteiger partial charge in [0.1, 0.15) is 6.54 Å². The zero-order chi connectivity index (χ0) is 16.2. The smallest absolute Gasteiger partial charge is 0.250 e. The first-order valence-corrected chi connectivity index (χ1v) is 8.73. The molecule has 0 spiro atoms. The highest BCUT2D eigenvalue weighted by Gasteiger charge is 2.21. The Hall–Kier alpha value is -1.92. The van der Waals surface area contributed by atoms with Crippen LogP contribution < -0.4 is 10.9 Å². The normalized spacial score (nSPS) is 15.9. The quantitative estimate of drug-likeness (QED) is 0.903. The SMILES string of the molecule is C[C@@H](CNC(=O)Cn1ccccc1=O)N1CCc2sccc2C1. The molecule has 122 valence electrons. The van der Waals surface area contributed by atoms with E-state index in [9.17, 15) is 9.59 Å². The molecule has 0 bridgehead atoms. The Morgan fingerprint density at radius 3 is 3.09 bits per heavy atom. The van der Waals surface area contributed by atoms with Crippen LogP contribution in [0.4, 0.5) is 0 Å². The molecule has 2 aromatic rings. The van der Waals surface area contributed by atoms with E-state index in [1.807, 2.05) is 11.3 Å². The second-order valence-corrected chi connectivity index (χ2v) is 6.91. The molecule has 1 atom stereocenters. The topological polar surface area (TPSA) is 54.3 Å². The van der Waals surface area contributed by atoms with Crippen molar-refractivity contribution in [1.29, 1.82) is 0 Å². The predicted octanol–water partition coefficient (Wildman–Crippen LogP) is 1.47. The summed E-state index contributed by atoms with van der Waals surface area (Å²) in [7, 11) is 0. The van der Waals surface area contributed by atoms with Gasteiger partial charge in [-0.3, -0.25) is 14.5 Å². The Balaban J connectivity index is 1.49. The highest BCUT2D eigenvalue weighted by Crippen LogP contribution is 2.24. The minimum absolute atomic E-state index is 0.0705. The van der Waals surface area contributed by atoms with Crippen molar-refractivity contribution in [2.75, 3.05) is 13.1 Å². The first-order valence-electron chi connectivity index (χ1n) is 7.85. The predicted molar refractivity (Wildman–Crippen MR) is 91.6 cm³/mol. The molecule has 1 aliphatic rings. The standard InChI is InChI=1S/C17H21N3O2S/c1-13(19-8-5-15-14(11-19)6-9-23-15)10-18-16(21)12-20-7-3-2-4-17(20)22/h2-4,6-7,9,13H,5,8,10-12H2,1H3,(H,18,21)/t13-/m0/s1. The lowest BCUT2D eigenvalue weighted by atomic mass is 10.1. The molecule has 23 heavy (non-hydrogen) atoms. The van der Waals surface area contributed by atoms with Crippen molar-refractivity contribution < 1.29 is 4.79 Å². The third kappa shape index (κ3) is 3.89. The number of hydrogen-bond donors (Lipinski definition) is 1. The van der Waals surface area contributed by atoms with Crippen molar-refractivity contribution in [2.24, 2.45) is 0 Å². The molecule has 0 saturated carbocycles. The highest BCUT2D eigenvalue weighted by atomic mass is 32.1. The molecular weight excluding hydrogens is 310 g/mol. The van der Waals surface area contributed by atoms with Gasteiger partial charge in [-0.25, -0.2) is 0 Å². The molecule has 0 saturated heterocycles. The molecule has 1 N–H and O–H groups in total. The second-order valence-electron chi connectivity index (χ2n) is 5.91. The number of nitrogens with zero attached hydrogens (tertiary/aromatic N) is 2. The maximum absolute atomic E-state index is 12.0. The number of aromatic nitrogens is 1. The lowest BCUT2D eigenvalue weighted by molar-refractivity contribution is -0.122. The van der Waals surface area contributed by atoms with Gasteiger partial charge in [0.25, 0.3) is 5.56 Å². The summed E-state index contributed by atoms with van der Waals surface area (Å²) in [5.41, 5.74) is 1.26. The van der Waals surface area contributed by atoms with Crippen LogP contribution in [-0.4, -0.2) is 34.5 Å². The van der Waals surface area contributed by atoms with Crippen molar-refractivity contribution in [1.82, 2.24) is 14.8 Å². The van der Waals surface area contributed by atoms with Gasteiger partial charge in [0.2, 0.25) is 5.91 Å². The van der Waals surface area contributed by atoms with Crippen LogP contribution in [0.15, 0.2) is 40.6 Å². The molecule has 1 aliphatic heterocycles. The zero-order valence-corrected chi connectivity index (χ0v) is 14.0. The van der Waals surface area contributed by atoms with E-state index >= 15 is 0 Å². The summed E-state index contributed by atoms with van der Waals surface area (Å²) in [5, 5.41) is 5.09.